The maximum atomic E-state index is 10.2. The zero-order valence-electron chi connectivity index (χ0n) is 5.86. The van der Waals surface area contributed by atoms with E-state index in [1.54, 1.807) is 11.3 Å². The lowest BCUT2D eigenvalue weighted by Crippen LogP contribution is -2.01. The topological polar surface area (TPSA) is 40.9 Å². The summed E-state index contributed by atoms with van der Waals surface area (Å²) in [5.41, 5.74) is 1.06. The van der Waals surface area contributed by atoms with Crippen molar-refractivity contribution in [3.05, 3.63) is 22.4 Å². The van der Waals surface area contributed by atoms with E-state index < -0.39 is 5.92 Å². The Morgan fingerprint density at radius 1 is 1.82 bits per heavy atom. The molecule has 0 amide bonds. The molecular weight excluding hydrogens is 158 g/mol. The van der Waals surface area contributed by atoms with Gasteiger partial charge in [0.05, 0.1) is 6.07 Å². The van der Waals surface area contributed by atoms with Crippen molar-refractivity contribution in [2.24, 2.45) is 5.92 Å². The molecule has 56 valence electrons. The number of thiophene rings is 1. The van der Waals surface area contributed by atoms with Gasteiger partial charge >= 0.3 is 0 Å². The third kappa shape index (κ3) is 2.17. The van der Waals surface area contributed by atoms with Crippen LogP contribution in [0.4, 0.5) is 0 Å². The van der Waals surface area contributed by atoms with Crippen LogP contribution in [0.25, 0.3) is 0 Å². The summed E-state index contributed by atoms with van der Waals surface area (Å²) in [5, 5.41) is 12.3. The molecule has 0 N–H and O–H groups in total. The fourth-order valence-corrected chi connectivity index (χ4v) is 1.47. The number of carbonyl (C=O) groups is 1. The maximum absolute atomic E-state index is 10.2. The van der Waals surface area contributed by atoms with Crippen LogP contribution in [-0.4, -0.2) is 6.29 Å². The smallest absolute Gasteiger partial charge is 0.137 e. The van der Waals surface area contributed by atoms with Gasteiger partial charge in [0.15, 0.2) is 0 Å². The quantitative estimate of drug-likeness (QED) is 0.639. The molecule has 0 bridgehead atoms. The molecule has 1 rings (SSSR count). The van der Waals surface area contributed by atoms with Crippen molar-refractivity contribution in [1.82, 2.24) is 0 Å². The summed E-state index contributed by atoms with van der Waals surface area (Å²) in [6.45, 7) is 0. The van der Waals surface area contributed by atoms with Crippen molar-refractivity contribution in [3.8, 4) is 6.07 Å². The predicted octanol–water partition coefficient (Wildman–Crippen LogP) is 1.63. The molecular formula is C8H7NOS. The molecule has 2 nitrogen and oxygen atoms in total. The first-order valence-corrected chi connectivity index (χ1v) is 4.17. The number of nitrogens with zero attached hydrogens (tertiary/aromatic N) is 1. The Kier molecular flexibility index (Phi) is 2.82. The number of hydrogen-bond acceptors (Lipinski definition) is 3. The highest BCUT2D eigenvalue weighted by Crippen LogP contribution is 2.10. The van der Waals surface area contributed by atoms with Crippen molar-refractivity contribution < 1.29 is 4.79 Å². The molecule has 0 radical (unpaired) electrons. The molecule has 0 fully saturated rings. The number of carbonyl (C=O) groups excluding carboxylic acids is 1. The standard InChI is InChI=1S/C8H7NOS/c9-4-8(5-10)3-7-1-2-11-6-7/h1-2,5-6,8H,3H2. The Morgan fingerprint density at radius 2 is 2.64 bits per heavy atom. The largest absolute Gasteiger partial charge is 0.302 e. The summed E-state index contributed by atoms with van der Waals surface area (Å²) in [6, 6.07) is 3.86. The third-order valence-corrected chi connectivity index (χ3v) is 2.10. The molecule has 0 aromatic carbocycles. The number of nitriles is 1. The van der Waals surface area contributed by atoms with Crippen molar-refractivity contribution in [1.29, 1.82) is 5.26 Å². The average Bonchev–Trinajstić information content (AvgIpc) is 2.52. The van der Waals surface area contributed by atoms with E-state index in [1.165, 1.54) is 0 Å². The zero-order valence-corrected chi connectivity index (χ0v) is 6.67. The van der Waals surface area contributed by atoms with Crippen LogP contribution in [0.1, 0.15) is 5.56 Å². The van der Waals surface area contributed by atoms with E-state index in [2.05, 4.69) is 0 Å². The minimum Gasteiger partial charge on any atom is -0.302 e. The average molecular weight is 165 g/mol. The van der Waals surface area contributed by atoms with Gasteiger partial charge < -0.3 is 4.79 Å². The fraction of sp³-hybridized carbons (Fsp3) is 0.250. The Bertz CT molecular complexity index is 260. The molecule has 0 spiro atoms. The van der Waals surface area contributed by atoms with Crippen molar-refractivity contribution in [2.75, 3.05) is 0 Å². The zero-order chi connectivity index (χ0) is 8.10. The van der Waals surface area contributed by atoms with Crippen LogP contribution in [0, 0.1) is 17.2 Å². The van der Waals surface area contributed by atoms with Crippen LogP contribution in [0.2, 0.25) is 0 Å². The van der Waals surface area contributed by atoms with Gasteiger partial charge in [0, 0.05) is 0 Å². The number of rotatable bonds is 3. The number of hydrogen-bond donors (Lipinski definition) is 0. The Morgan fingerprint density at radius 3 is 3.09 bits per heavy atom. The Balaban J connectivity index is 2.56. The van der Waals surface area contributed by atoms with E-state index in [4.69, 9.17) is 5.26 Å². The van der Waals surface area contributed by atoms with Crippen LogP contribution in [0.5, 0.6) is 0 Å². The Labute approximate surface area is 69.1 Å². The van der Waals surface area contributed by atoms with E-state index in [0.29, 0.717) is 12.7 Å². The third-order valence-electron chi connectivity index (χ3n) is 1.37. The van der Waals surface area contributed by atoms with Gasteiger partial charge in [0.2, 0.25) is 0 Å². The molecule has 1 aromatic rings. The fourth-order valence-electron chi connectivity index (χ4n) is 0.787. The van der Waals surface area contributed by atoms with Gasteiger partial charge in [-0.05, 0) is 28.8 Å². The van der Waals surface area contributed by atoms with Crippen LogP contribution >= 0.6 is 11.3 Å². The van der Waals surface area contributed by atoms with Gasteiger partial charge in [-0.2, -0.15) is 16.6 Å². The van der Waals surface area contributed by atoms with Crippen molar-refractivity contribution in [2.45, 2.75) is 6.42 Å². The second kappa shape index (κ2) is 3.89. The van der Waals surface area contributed by atoms with E-state index in [-0.39, 0.29) is 0 Å². The highest BCUT2D eigenvalue weighted by Gasteiger charge is 2.05. The second-order valence-electron chi connectivity index (χ2n) is 2.21. The van der Waals surface area contributed by atoms with Crippen LogP contribution in [0.3, 0.4) is 0 Å². The van der Waals surface area contributed by atoms with Crippen molar-refractivity contribution >= 4 is 17.6 Å². The molecule has 1 atom stereocenters. The van der Waals surface area contributed by atoms with E-state index in [0.717, 1.165) is 5.56 Å². The molecule has 1 heterocycles. The lowest BCUT2D eigenvalue weighted by atomic mass is 10.1. The molecule has 0 aliphatic heterocycles. The minimum atomic E-state index is -0.482. The highest BCUT2D eigenvalue weighted by atomic mass is 32.1. The van der Waals surface area contributed by atoms with E-state index >= 15 is 0 Å². The lowest BCUT2D eigenvalue weighted by molar-refractivity contribution is -0.109. The summed E-state index contributed by atoms with van der Waals surface area (Å²) in [6.07, 6.45) is 1.24. The molecule has 0 saturated carbocycles. The highest BCUT2D eigenvalue weighted by molar-refractivity contribution is 7.07. The van der Waals surface area contributed by atoms with Crippen LogP contribution < -0.4 is 0 Å². The summed E-state index contributed by atoms with van der Waals surface area (Å²) in [7, 11) is 0. The second-order valence-corrected chi connectivity index (χ2v) is 2.99. The normalized spacial score (nSPS) is 11.9. The monoisotopic (exact) mass is 165 g/mol. The van der Waals surface area contributed by atoms with Crippen LogP contribution in [-0.2, 0) is 11.2 Å². The maximum Gasteiger partial charge on any atom is 0.137 e. The van der Waals surface area contributed by atoms with Gasteiger partial charge in [-0.15, -0.1) is 0 Å². The molecule has 1 unspecified atom stereocenters. The van der Waals surface area contributed by atoms with Crippen LogP contribution in [0.15, 0.2) is 16.8 Å². The van der Waals surface area contributed by atoms with Gasteiger partial charge in [0.25, 0.3) is 0 Å². The molecule has 0 aliphatic rings. The summed E-state index contributed by atoms with van der Waals surface area (Å²) in [5.74, 6) is -0.482. The predicted molar refractivity (Wildman–Crippen MR) is 43.2 cm³/mol. The molecule has 0 saturated heterocycles. The first-order valence-electron chi connectivity index (χ1n) is 3.23. The van der Waals surface area contributed by atoms with E-state index in [9.17, 15) is 4.79 Å². The molecule has 3 heteroatoms. The Hall–Kier alpha value is -1.14. The SMILES string of the molecule is N#CC(C=O)Cc1ccsc1. The van der Waals surface area contributed by atoms with Gasteiger partial charge in [0.1, 0.15) is 12.2 Å². The summed E-state index contributed by atoms with van der Waals surface area (Å²) in [4.78, 5) is 10.2. The summed E-state index contributed by atoms with van der Waals surface area (Å²) < 4.78 is 0. The summed E-state index contributed by atoms with van der Waals surface area (Å²) >= 11 is 1.58. The molecule has 11 heavy (non-hydrogen) atoms. The first-order chi connectivity index (χ1) is 5.36. The molecule has 0 aliphatic carbocycles. The van der Waals surface area contributed by atoms with Gasteiger partial charge in [-0.25, -0.2) is 0 Å². The van der Waals surface area contributed by atoms with Crippen molar-refractivity contribution in [3.63, 3.8) is 0 Å². The number of aldehydes is 1. The lowest BCUT2D eigenvalue weighted by Gasteiger charge is -1.95. The van der Waals surface area contributed by atoms with Gasteiger partial charge in [-0.1, -0.05) is 0 Å². The first kappa shape index (κ1) is 7.96. The minimum absolute atomic E-state index is 0.482. The molecule has 1 aromatic heterocycles. The van der Waals surface area contributed by atoms with E-state index in [1.807, 2.05) is 22.9 Å². The van der Waals surface area contributed by atoms with Gasteiger partial charge in [-0.3, -0.25) is 0 Å².